The van der Waals surface area contributed by atoms with Crippen molar-refractivity contribution in [2.75, 3.05) is 0 Å². The quantitative estimate of drug-likeness (QED) is 0.138. The zero-order chi connectivity index (χ0) is 26.5. The molecule has 0 aliphatic carbocycles. The van der Waals surface area contributed by atoms with Crippen LogP contribution >= 0.6 is 0 Å². The fourth-order valence-corrected chi connectivity index (χ4v) is 4.64. The Balaban J connectivity index is 0.000000696. The zero-order valence-electron chi connectivity index (χ0n) is 24.1. The minimum absolute atomic E-state index is 0.345. The van der Waals surface area contributed by atoms with Gasteiger partial charge in [-0.15, -0.1) is 0 Å². The summed E-state index contributed by atoms with van der Waals surface area (Å²) in [5.41, 5.74) is 1.09. The fourth-order valence-electron chi connectivity index (χ4n) is 4.64. The van der Waals surface area contributed by atoms with Gasteiger partial charge in [0.25, 0.3) is 0 Å². The van der Waals surface area contributed by atoms with Gasteiger partial charge >= 0.3 is 5.97 Å². The number of para-hydroxylation sites is 1. The van der Waals surface area contributed by atoms with E-state index in [4.69, 9.17) is 5.11 Å². The summed E-state index contributed by atoms with van der Waals surface area (Å²) in [6, 6.07) is 7.67. The number of hydrogen-bond acceptors (Lipinski definition) is 2. The van der Waals surface area contributed by atoms with Gasteiger partial charge in [-0.2, -0.15) is 0 Å². The number of unbranched alkanes of at least 4 members (excludes halogenated alkanes) is 20. The highest BCUT2D eigenvalue weighted by Crippen LogP contribution is 2.19. The van der Waals surface area contributed by atoms with Crippen LogP contribution in [0.5, 0.6) is 5.75 Å². The number of aromatic hydroxyl groups is 1. The fraction of sp³-hybridized carbons (Fsp3) is 0.788. The first kappa shape index (κ1) is 34.5. The highest BCUT2D eigenvalue weighted by molar-refractivity contribution is 5.66. The summed E-state index contributed by atoms with van der Waals surface area (Å²) < 4.78 is 0. The van der Waals surface area contributed by atoms with E-state index in [9.17, 15) is 9.90 Å². The van der Waals surface area contributed by atoms with E-state index in [0.717, 1.165) is 24.8 Å². The van der Waals surface area contributed by atoms with Crippen molar-refractivity contribution >= 4 is 5.97 Å². The van der Waals surface area contributed by atoms with Gasteiger partial charge in [0.15, 0.2) is 0 Å². The molecule has 1 rings (SSSR count). The Hall–Kier alpha value is -1.51. The number of phenolic OH excluding ortho intramolecular Hbond substituents is 1. The molecule has 0 unspecified atom stereocenters. The smallest absolute Gasteiger partial charge is 0.303 e. The second-order valence-corrected chi connectivity index (χ2v) is 10.6. The lowest BCUT2D eigenvalue weighted by molar-refractivity contribution is -0.137. The van der Waals surface area contributed by atoms with Crippen molar-refractivity contribution < 1.29 is 15.0 Å². The van der Waals surface area contributed by atoms with Crippen molar-refractivity contribution in [3.05, 3.63) is 29.8 Å². The summed E-state index contributed by atoms with van der Waals surface area (Å²) in [6.07, 6.45) is 30.5. The molecule has 0 bridgehead atoms. The molecule has 0 aromatic heterocycles. The molecule has 0 atom stereocenters. The second-order valence-electron chi connectivity index (χ2n) is 10.6. The van der Waals surface area contributed by atoms with E-state index >= 15 is 0 Å². The first-order valence-electron chi connectivity index (χ1n) is 15.6. The molecule has 0 aliphatic rings. The number of phenols is 1. The normalized spacial score (nSPS) is 10.7. The molecular weight excluding hydrogens is 444 g/mol. The molecule has 2 N–H and O–H groups in total. The Morgan fingerprint density at radius 1 is 0.556 bits per heavy atom. The Morgan fingerprint density at radius 2 is 0.917 bits per heavy atom. The van der Waals surface area contributed by atoms with E-state index in [1.165, 1.54) is 128 Å². The molecule has 1 aromatic carbocycles. The molecular formula is C33H60O3. The zero-order valence-corrected chi connectivity index (χ0v) is 24.1. The largest absolute Gasteiger partial charge is 0.508 e. The van der Waals surface area contributed by atoms with E-state index in [-0.39, 0.29) is 0 Å². The number of carboxylic acids is 1. The maximum Gasteiger partial charge on any atom is 0.303 e. The first-order valence-corrected chi connectivity index (χ1v) is 15.6. The Kier molecular flexibility index (Phi) is 26.9. The van der Waals surface area contributed by atoms with Gasteiger partial charge in [-0.3, -0.25) is 4.79 Å². The monoisotopic (exact) mass is 504 g/mol. The molecule has 0 fully saturated rings. The molecule has 36 heavy (non-hydrogen) atoms. The Bertz CT molecular complexity index is 584. The maximum atomic E-state index is 10.3. The van der Waals surface area contributed by atoms with Crippen LogP contribution in [0.4, 0.5) is 0 Å². The van der Waals surface area contributed by atoms with Crippen LogP contribution in [-0.2, 0) is 11.2 Å². The van der Waals surface area contributed by atoms with E-state index in [1.807, 2.05) is 18.2 Å². The third kappa shape index (κ3) is 25.6. The van der Waals surface area contributed by atoms with Crippen LogP contribution in [0, 0.1) is 0 Å². The first-order chi connectivity index (χ1) is 17.6. The lowest BCUT2D eigenvalue weighted by Gasteiger charge is -2.04. The molecule has 0 spiro atoms. The molecule has 0 amide bonds. The highest BCUT2D eigenvalue weighted by atomic mass is 16.4. The lowest BCUT2D eigenvalue weighted by atomic mass is 10.0. The van der Waals surface area contributed by atoms with Crippen molar-refractivity contribution in [1.82, 2.24) is 0 Å². The van der Waals surface area contributed by atoms with Gasteiger partial charge in [-0.05, 0) is 30.9 Å². The van der Waals surface area contributed by atoms with Gasteiger partial charge in [-0.25, -0.2) is 0 Å². The highest BCUT2D eigenvalue weighted by Gasteiger charge is 1.99. The van der Waals surface area contributed by atoms with Crippen LogP contribution in [0.25, 0.3) is 0 Å². The number of aryl methyl sites for hydroxylation is 1. The number of aliphatic carboxylic acids is 1. The molecule has 0 saturated carbocycles. The lowest BCUT2D eigenvalue weighted by Crippen LogP contribution is -1.93. The van der Waals surface area contributed by atoms with Crippen molar-refractivity contribution in [2.45, 2.75) is 168 Å². The van der Waals surface area contributed by atoms with Gasteiger partial charge < -0.3 is 10.2 Å². The number of rotatable bonds is 24. The van der Waals surface area contributed by atoms with Crippen LogP contribution < -0.4 is 0 Å². The molecule has 210 valence electrons. The van der Waals surface area contributed by atoms with Gasteiger partial charge in [0, 0.05) is 6.42 Å². The van der Waals surface area contributed by atoms with Gasteiger partial charge in [0.2, 0.25) is 0 Å². The minimum atomic E-state index is -0.653. The number of carboxylic acid groups (broad SMARTS) is 1. The Morgan fingerprint density at radius 3 is 1.31 bits per heavy atom. The summed E-state index contributed by atoms with van der Waals surface area (Å²) in [5, 5.41) is 18.1. The summed E-state index contributed by atoms with van der Waals surface area (Å²) in [5.74, 6) is -0.201. The minimum Gasteiger partial charge on any atom is -0.508 e. The third-order valence-electron chi connectivity index (χ3n) is 7.04. The molecule has 0 radical (unpaired) electrons. The van der Waals surface area contributed by atoms with Gasteiger partial charge in [0.1, 0.15) is 5.75 Å². The molecule has 3 nitrogen and oxygen atoms in total. The van der Waals surface area contributed by atoms with Gasteiger partial charge in [0.05, 0.1) is 0 Å². The van der Waals surface area contributed by atoms with Crippen LogP contribution in [0.3, 0.4) is 0 Å². The average Bonchev–Trinajstić information content (AvgIpc) is 2.87. The summed E-state index contributed by atoms with van der Waals surface area (Å²) >= 11 is 0. The standard InChI is InChI=1S/C18H36O2.C15H24O/c1-2-3-4-5-6-7-8-9-10-11-12-13-14-15-16-17-18(19)20;1-2-3-4-5-6-7-8-11-14-12-9-10-13-15(14)16/h2-17H2,1H3,(H,19,20);9-10,12-13,16H,2-8,11H2,1H3. The summed E-state index contributed by atoms with van der Waals surface area (Å²) in [6.45, 7) is 4.52. The SMILES string of the molecule is CCCCCCCCCCCCCCCCCC(=O)O.CCCCCCCCCc1ccccc1O. The van der Waals surface area contributed by atoms with Crippen molar-refractivity contribution in [3.8, 4) is 5.75 Å². The summed E-state index contributed by atoms with van der Waals surface area (Å²) in [4.78, 5) is 10.3. The molecule has 0 saturated heterocycles. The van der Waals surface area contributed by atoms with Crippen LogP contribution in [0.2, 0.25) is 0 Å². The van der Waals surface area contributed by atoms with Crippen molar-refractivity contribution in [1.29, 1.82) is 0 Å². The van der Waals surface area contributed by atoms with E-state index in [0.29, 0.717) is 12.2 Å². The van der Waals surface area contributed by atoms with Crippen LogP contribution in [0.15, 0.2) is 24.3 Å². The number of benzene rings is 1. The van der Waals surface area contributed by atoms with Gasteiger partial charge in [-0.1, -0.05) is 160 Å². The Labute approximate surface area is 224 Å². The predicted molar refractivity (Wildman–Crippen MR) is 157 cm³/mol. The van der Waals surface area contributed by atoms with E-state index in [1.54, 1.807) is 6.07 Å². The third-order valence-corrected chi connectivity index (χ3v) is 7.04. The average molecular weight is 505 g/mol. The molecule has 1 aromatic rings. The predicted octanol–water partition coefficient (Wildman–Crippen LogP) is 11.0. The van der Waals surface area contributed by atoms with Crippen molar-refractivity contribution in [3.63, 3.8) is 0 Å². The van der Waals surface area contributed by atoms with E-state index in [2.05, 4.69) is 13.8 Å². The van der Waals surface area contributed by atoms with E-state index < -0.39 is 5.97 Å². The number of hydrogen-bond donors (Lipinski definition) is 2. The maximum absolute atomic E-state index is 10.3. The van der Waals surface area contributed by atoms with Crippen molar-refractivity contribution in [2.24, 2.45) is 0 Å². The molecule has 3 heteroatoms. The molecule has 0 aliphatic heterocycles. The second kappa shape index (κ2) is 28.1. The topological polar surface area (TPSA) is 57.5 Å². The molecule has 0 heterocycles. The summed E-state index contributed by atoms with van der Waals surface area (Å²) in [7, 11) is 0. The van der Waals surface area contributed by atoms with Crippen LogP contribution in [0.1, 0.15) is 167 Å². The van der Waals surface area contributed by atoms with Crippen LogP contribution in [-0.4, -0.2) is 16.2 Å². The number of carbonyl (C=O) groups is 1.